The highest BCUT2D eigenvalue weighted by atomic mass is 16.6. The van der Waals surface area contributed by atoms with E-state index in [1.807, 2.05) is 46.0 Å². The van der Waals surface area contributed by atoms with Crippen LogP contribution in [0.25, 0.3) is 10.8 Å². The van der Waals surface area contributed by atoms with E-state index in [9.17, 15) is 4.79 Å². The number of benzene rings is 1. The summed E-state index contributed by atoms with van der Waals surface area (Å²) in [6.07, 6.45) is 3.07. The van der Waals surface area contributed by atoms with Crippen LogP contribution in [0, 0.1) is 6.92 Å². The first-order valence-corrected chi connectivity index (χ1v) is 7.81. The fraction of sp³-hybridized carbons (Fsp3) is 0.444. The second-order valence-electron chi connectivity index (χ2n) is 6.96. The lowest BCUT2D eigenvalue weighted by atomic mass is 10.0. The van der Waals surface area contributed by atoms with E-state index < -0.39 is 11.7 Å². The smallest absolute Gasteiger partial charge is 0.412 e. The van der Waals surface area contributed by atoms with Crippen LogP contribution in [0.3, 0.4) is 0 Å². The number of pyridine rings is 1. The molecule has 0 fully saturated rings. The number of aryl methyl sites for hydroxylation is 1. The lowest BCUT2D eigenvalue weighted by Crippen LogP contribution is -2.27. The zero-order valence-corrected chi connectivity index (χ0v) is 14.7. The molecule has 23 heavy (non-hydrogen) atoms. The van der Waals surface area contributed by atoms with Gasteiger partial charge in [-0.3, -0.25) is 10.3 Å². The maximum Gasteiger partial charge on any atom is 0.412 e. The van der Waals surface area contributed by atoms with E-state index in [4.69, 9.17) is 4.74 Å². The normalized spacial score (nSPS) is 11.6. The molecular weight excluding hydrogens is 290 g/mol. The van der Waals surface area contributed by atoms with Crippen LogP contribution in [0.1, 0.15) is 40.2 Å². The van der Waals surface area contributed by atoms with Gasteiger partial charge in [-0.25, -0.2) is 4.79 Å². The molecule has 0 aliphatic carbocycles. The molecule has 1 aromatic heterocycles. The van der Waals surface area contributed by atoms with E-state index in [0.717, 1.165) is 27.7 Å². The standard InChI is InChI=1S/C18H25N3O2/c1-11(2)20-16-12(3)9-15(13-7-8-19-10-14(13)16)21-17(22)23-18(4,5)6/h7-11,20H,1-6H3,(H,21,22). The van der Waals surface area contributed by atoms with Crippen LogP contribution < -0.4 is 10.6 Å². The molecule has 1 aromatic carbocycles. The van der Waals surface area contributed by atoms with Gasteiger partial charge < -0.3 is 10.1 Å². The summed E-state index contributed by atoms with van der Waals surface area (Å²) in [4.78, 5) is 16.3. The lowest BCUT2D eigenvalue weighted by Gasteiger charge is -2.21. The van der Waals surface area contributed by atoms with Crippen LogP contribution in [0.4, 0.5) is 16.2 Å². The van der Waals surface area contributed by atoms with Gasteiger partial charge in [-0.2, -0.15) is 0 Å². The highest BCUT2D eigenvalue weighted by Gasteiger charge is 2.18. The van der Waals surface area contributed by atoms with Crippen molar-refractivity contribution < 1.29 is 9.53 Å². The number of aromatic nitrogens is 1. The fourth-order valence-corrected chi connectivity index (χ4v) is 2.40. The molecule has 0 atom stereocenters. The van der Waals surface area contributed by atoms with E-state index >= 15 is 0 Å². The van der Waals surface area contributed by atoms with Gasteiger partial charge in [0.1, 0.15) is 5.60 Å². The van der Waals surface area contributed by atoms with Crippen LogP contribution in [0.2, 0.25) is 0 Å². The third-order valence-electron chi connectivity index (χ3n) is 3.20. The SMILES string of the molecule is Cc1cc(NC(=O)OC(C)(C)C)c2ccncc2c1NC(C)C. The van der Waals surface area contributed by atoms with Gasteiger partial charge >= 0.3 is 6.09 Å². The second kappa shape index (κ2) is 6.44. The first kappa shape index (κ1) is 17.1. The first-order valence-electron chi connectivity index (χ1n) is 7.81. The van der Waals surface area contributed by atoms with Crippen LogP contribution in [-0.4, -0.2) is 22.7 Å². The Labute approximate surface area is 137 Å². The number of carbonyl (C=O) groups excluding carboxylic acids is 1. The van der Waals surface area contributed by atoms with E-state index in [0.29, 0.717) is 6.04 Å². The highest BCUT2D eigenvalue weighted by Crippen LogP contribution is 2.33. The molecule has 1 amide bonds. The van der Waals surface area contributed by atoms with Crippen LogP contribution in [0.15, 0.2) is 24.5 Å². The zero-order chi connectivity index (χ0) is 17.2. The third kappa shape index (κ3) is 4.34. The molecule has 5 heteroatoms. The van der Waals surface area contributed by atoms with Gasteiger partial charge in [0.05, 0.1) is 5.69 Å². The summed E-state index contributed by atoms with van der Waals surface area (Å²) in [5, 5.41) is 8.21. The number of amides is 1. The van der Waals surface area contributed by atoms with Gasteiger partial charge in [-0.15, -0.1) is 0 Å². The highest BCUT2D eigenvalue weighted by molar-refractivity contribution is 6.06. The summed E-state index contributed by atoms with van der Waals surface area (Å²) in [6.45, 7) is 11.7. The molecule has 0 unspecified atom stereocenters. The molecule has 0 aliphatic heterocycles. The number of hydrogen-bond acceptors (Lipinski definition) is 4. The topological polar surface area (TPSA) is 63.2 Å². The number of fused-ring (bicyclic) bond motifs is 1. The molecule has 0 spiro atoms. The van der Waals surface area contributed by atoms with Gasteiger partial charge in [0, 0.05) is 34.9 Å². The average molecular weight is 315 g/mol. The lowest BCUT2D eigenvalue weighted by molar-refractivity contribution is 0.0636. The summed E-state index contributed by atoms with van der Waals surface area (Å²) < 4.78 is 5.34. The Balaban J connectivity index is 2.44. The van der Waals surface area contributed by atoms with Crippen molar-refractivity contribution in [3.8, 4) is 0 Å². The van der Waals surface area contributed by atoms with Crippen molar-refractivity contribution in [3.63, 3.8) is 0 Å². The number of carbonyl (C=O) groups is 1. The third-order valence-corrected chi connectivity index (χ3v) is 3.20. The van der Waals surface area contributed by atoms with E-state index in [1.54, 1.807) is 6.20 Å². The summed E-state index contributed by atoms with van der Waals surface area (Å²) in [6, 6.07) is 4.16. The minimum Gasteiger partial charge on any atom is -0.444 e. The van der Waals surface area contributed by atoms with Crippen molar-refractivity contribution >= 4 is 28.2 Å². The molecule has 5 nitrogen and oxygen atoms in total. The quantitative estimate of drug-likeness (QED) is 0.861. The Morgan fingerprint density at radius 3 is 2.57 bits per heavy atom. The van der Waals surface area contributed by atoms with Crippen LogP contribution in [-0.2, 0) is 4.74 Å². The minimum absolute atomic E-state index is 0.307. The van der Waals surface area contributed by atoms with Gasteiger partial charge in [-0.05, 0) is 59.2 Å². The summed E-state index contributed by atoms with van der Waals surface area (Å²) >= 11 is 0. The number of hydrogen-bond donors (Lipinski definition) is 2. The predicted octanol–water partition coefficient (Wildman–Crippen LogP) is 4.71. The molecule has 1 heterocycles. The van der Waals surface area contributed by atoms with Gasteiger partial charge in [-0.1, -0.05) is 0 Å². The fourth-order valence-electron chi connectivity index (χ4n) is 2.40. The maximum atomic E-state index is 12.1. The van der Waals surface area contributed by atoms with Crippen molar-refractivity contribution in [1.29, 1.82) is 0 Å². The van der Waals surface area contributed by atoms with Crippen molar-refractivity contribution in [2.45, 2.75) is 53.2 Å². The monoisotopic (exact) mass is 315 g/mol. The number of anilines is 2. The van der Waals surface area contributed by atoms with E-state index in [-0.39, 0.29) is 0 Å². The molecule has 124 valence electrons. The maximum absolute atomic E-state index is 12.1. The Morgan fingerprint density at radius 1 is 1.26 bits per heavy atom. The molecule has 0 radical (unpaired) electrons. The average Bonchev–Trinajstić information content (AvgIpc) is 2.40. The molecule has 2 aromatic rings. The summed E-state index contributed by atoms with van der Waals surface area (Å²) in [5.74, 6) is 0. The van der Waals surface area contributed by atoms with Gasteiger partial charge in [0.15, 0.2) is 0 Å². The summed E-state index contributed by atoms with van der Waals surface area (Å²) in [5.41, 5.74) is 2.28. The van der Waals surface area contributed by atoms with Crippen molar-refractivity contribution in [1.82, 2.24) is 4.98 Å². The van der Waals surface area contributed by atoms with E-state index in [1.165, 1.54) is 0 Å². The molecular formula is C18H25N3O2. The Morgan fingerprint density at radius 2 is 1.96 bits per heavy atom. The molecule has 0 saturated heterocycles. The number of nitrogens with zero attached hydrogens (tertiary/aromatic N) is 1. The van der Waals surface area contributed by atoms with Gasteiger partial charge in [0.25, 0.3) is 0 Å². The Bertz CT molecular complexity index is 718. The van der Waals surface area contributed by atoms with Gasteiger partial charge in [0.2, 0.25) is 0 Å². The Kier molecular flexibility index (Phi) is 4.78. The largest absolute Gasteiger partial charge is 0.444 e. The van der Waals surface area contributed by atoms with E-state index in [2.05, 4.69) is 29.5 Å². The number of rotatable bonds is 3. The zero-order valence-electron chi connectivity index (χ0n) is 14.7. The predicted molar refractivity (Wildman–Crippen MR) is 95.1 cm³/mol. The van der Waals surface area contributed by atoms with Crippen LogP contribution in [0.5, 0.6) is 0 Å². The number of ether oxygens (including phenoxy) is 1. The minimum atomic E-state index is -0.532. The second-order valence-corrected chi connectivity index (χ2v) is 6.96. The van der Waals surface area contributed by atoms with Crippen molar-refractivity contribution in [2.24, 2.45) is 0 Å². The molecule has 2 rings (SSSR count). The van der Waals surface area contributed by atoms with Crippen LogP contribution >= 0.6 is 0 Å². The first-order chi connectivity index (χ1) is 10.7. The Hall–Kier alpha value is -2.30. The number of nitrogens with one attached hydrogen (secondary N) is 2. The molecule has 0 saturated carbocycles. The van der Waals surface area contributed by atoms with Crippen molar-refractivity contribution in [2.75, 3.05) is 10.6 Å². The summed E-state index contributed by atoms with van der Waals surface area (Å²) in [7, 11) is 0. The van der Waals surface area contributed by atoms with Crippen molar-refractivity contribution in [3.05, 3.63) is 30.1 Å². The molecule has 0 aliphatic rings. The molecule has 2 N–H and O–H groups in total. The molecule has 0 bridgehead atoms.